The van der Waals surface area contributed by atoms with Gasteiger partial charge >= 0.3 is 6.18 Å². The zero-order chi connectivity index (χ0) is 24.2. The fraction of sp³-hybridized carbons (Fsp3) is 0.190. The monoisotopic (exact) mass is 496 g/mol. The van der Waals surface area contributed by atoms with Crippen LogP contribution in [0.3, 0.4) is 0 Å². The average Bonchev–Trinajstić information content (AvgIpc) is 2.73. The lowest BCUT2D eigenvalue weighted by Gasteiger charge is -2.11. The van der Waals surface area contributed by atoms with Crippen LogP contribution >= 0.6 is 11.8 Å². The van der Waals surface area contributed by atoms with Gasteiger partial charge in [0.15, 0.2) is 5.16 Å². The normalized spacial score (nSPS) is 11.9. The number of nitrogens with zero attached hydrogens (tertiary/aromatic N) is 2. The summed E-state index contributed by atoms with van der Waals surface area (Å²) in [5.74, 6) is -0.677. The molecule has 1 heterocycles. The smallest absolute Gasteiger partial charge is 0.325 e. The predicted molar refractivity (Wildman–Crippen MR) is 117 cm³/mol. The Balaban J connectivity index is 1.58. The van der Waals surface area contributed by atoms with Crippen LogP contribution in [-0.4, -0.2) is 30.8 Å². The van der Waals surface area contributed by atoms with E-state index in [1.54, 1.807) is 24.3 Å². The topological polar surface area (TPSA) is 101 Å². The van der Waals surface area contributed by atoms with Crippen LogP contribution in [0.1, 0.15) is 17.0 Å². The molecule has 2 N–H and O–H groups in total. The van der Waals surface area contributed by atoms with Gasteiger partial charge < -0.3 is 5.32 Å². The quantitative estimate of drug-likeness (QED) is 0.476. The molecule has 33 heavy (non-hydrogen) atoms. The Hall–Kier alpha value is -2.96. The summed E-state index contributed by atoms with van der Waals surface area (Å²) < 4.78 is 65.0. The second-order valence-corrected chi connectivity index (χ2v) is 9.77. The fourth-order valence-electron chi connectivity index (χ4n) is 2.74. The van der Waals surface area contributed by atoms with E-state index >= 15 is 0 Å². The van der Waals surface area contributed by atoms with Crippen molar-refractivity contribution in [2.75, 3.05) is 11.9 Å². The number of amides is 1. The van der Waals surface area contributed by atoms with Gasteiger partial charge in [-0.15, -0.1) is 0 Å². The van der Waals surface area contributed by atoms with Crippen molar-refractivity contribution in [3.63, 3.8) is 0 Å². The molecule has 0 saturated heterocycles. The van der Waals surface area contributed by atoms with Crippen LogP contribution in [-0.2, 0) is 21.0 Å². The Morgan fingerprint density at radius 3 is 2.24 bits per heavy atom. The number of anilines is 1. The number of benzene rings is 2. The number of nitrogens with one attached hydrogen (secondary N) is 2. The summed E-state index contributed by atoms with van der Waals surface area (Å²) in [4.78, 5) is 21.1. The summed E-state index contributed by atoms with van der Waals surface area (Å²) in [7, 11) is -4.31. The molecule has 174 valence electrons. The van der Waals surface area contributed by atoms with Crippen molar-refractivity contribution in [3.8, 4) is 0 Å². The first kappa shape index (κ1) is 24.7. The van der Waals surface area contributed by atoms with Crippen molar-refractivity contribution in [2.45, 2.75) is 35.0 Å². The van der Waals surface area contributed by atoms with Crippen LogP contribution in [0.4, 0.5) is 18.9 Å². The molecule has 0 aliphatic rings. The summed E-state index contributed by atoms with van der Waals surface area (Å²) in [6, 6.07) is 11.9. The second-order valence-electron chi connectivity index (χ2n) is 6.96. The highest BCUT2D eigenvalue weighted by atomic mass is 32.2. The number of carbonyl (C=O) groups is 1. The van der Waals surface area contributed by atoms with Crippen molar-refractivity contribution in [1.82, 2.24) is 14.7 Å². The Kier molecular flexibility index (Phi) is 7.40. The first-order valence-electron chi connectivity index (χ1n) is 9.49. The standard InChI is InChI=1S/C21H19F3N4O3S2/c1-13-10-14(2)27-20(26-13)32-17-8-6-16(7-9-17)28-19(29)12-25-33(30,31)18-5-3-4-15(11-18)21(22,23)24/h3-11,25H,12H2,1-2H3,(H,28,29). The van der Waals surface area contributed by atoms with Gasteiger partial charge in [0.2, 0.25) is 15.9 Å². The Morgan fingerprint density at radius 1 is 1.00 bits per heavy atom. The molecule has 0 aliphatic carbocycles. The molecule has 0 spiro atoms. The second kappa shape index (κ2) is 9.89. The van der Waals surface area contributed by atoms with Crippen LogP contribution in [0.25, 0.3) is 0 Å². The summed E-state index contributed by atoms with van der Waals surface area (Å²) in [5, 5.41) is 3.12. The highest BCUT2D eigenvalue weighted by Gasteiger charge is 2.31. The lowest BCUT2D eigenvalue weighted by Crippen LogP contribution is -2.33. The Morgan fingerprint density at radius 2 is 1.64 bits per heavy atom. The van der Waals surface area contributed by atoms with Gasteiger partial charge in [0.1, 0.15) is 0 Å². The maximum Gasteiger partial charge on any atom is 0.416 e. The maximum absolute atomic E-state index is 12.8. The van der Waals surface area contributed by atoms with Gasteiger partial charge in [-0.05, 0) is 74.1 Å². The molecule has 1 aromatic heterocycles. The van der Waals surface area contributed by atoms with E-state index in [0.29, 0.717) is 16.9 Å². The van der Waals surface area contributed by atoms with Gasteiger partial charge in [-0.25, -0.2) is 23.1 Å². The number of aromatic nitrogens is 2. The molecule has 7 nitrogen and oxygen atoms in total. The van der Waals surface area contributed by atoms with E-state index in [9.17, 15) is 26.4 Å². The van der Waals surface area contributed by atoms with E-state index in [0.717, 1.165) is 34.5 Å². The van der Waals surface area contributed by atoms with Gasteiger partial charge in [0, 0.05) is 22.0 Å². The fourth-order valence-corrected chi connectivity index (χ4v) is 4.63. The highest BCUT2D eigenvalue weighted by molar-refractivity contribution is 7.99. The van der Waals surface area contributed by atoms with Crippen LogP contribution in [0.15, 0.2) is 69.5 Å². The Labute approximate surface area is 192 Å². The molecule has 1 amide bonds. The molecule has 0 bridgehead atoms. The zero-order valence-electron chi connectivity index (χ0n) is 17.5. The van der Waals surface area contributed by atoms with E-state index in [2.05, 4.69) is 15.3 Å². The largest absolute Gasteiger partial charge is 0.416 e. The van der Waals surface area contributed by atoms with E-state index in [1.807, 2.05) is 24.6 Å². The predicted octanol–water partition coefficient (Wildman–Crippen LogP) is 4.18. The summed E-state index contributed by atoms with van der Waals surface area (Å²) in [5.41, 5.74) is 1.02. The molecule has 0 atom stereocenters. The molecular formula is C21H19F3N4O3S2. The number of carbonyl (C=O) groups excluding carboxylic acids is 1. The average molecular weight is 497 g/mol. The van der Waals surface area contributed by atoms with Gasteiger partial charge in [0.25, 0.3) is 0 Å². The summed E-state index contributed by atoms with van der Waals surface area (Å²) in [6.07, 6.45) is -4.68. The number of hydrogen-bond acceptors (Lipinski definition) is 6. The van der Waals surface area contributed by atoms with Crippen molar-refractivity contribution < 1.29 is 26.4 Å². The molecular weight excluding hydrogens is 477 g/mol. The minimum Gasteiger partial charge on any atom is -0.325 e. The van der Waals surface area contributed by atoms with Crippen molar-refractivity contribution in [1.29, 1.82) is 0 Å². The van der Waals surface area contributed by atoms with Gasteiger partial charge in [-0.3, -0.25) is 4.79 Å². The minimum absolute atomic E-state index is 0.420. The Bertz CT molecular complexity index is 1240. The van der Waals surface area contributed by atoms with E-state index in [4.69, 9.17) is 0 Å². The first-order chi connectivity index (χ1) is 15.4. The molecule has 3 rings (SSSR count). The maximum atomic E-state index is 12.8. The lowest BCUT2D eigenvalue weighted by atomic mass is 10.2. The number of aryl methyl sites for hydroxylation is 2. The third kappa shape index (κ3) is 7.01. The van der Waals surface area contributed by atoms with Crippen LogP contribution < -0.4 is 10.0 Å². The third-order valence-corrected chi connectivity index (χ3v) is 6.48. The SMILES string of the molecule is Cc1cc(C)nc(Sc2ccc(NC(=O)CNS(=O)(=O)c3cccc(C(F)(F)F)c3)cc2)n1. The van der Waals surface area contributed by atoms with Crippen LogP contribution in [0.2, 0.25) is 0 Å². The molecule has 0 aliphatic heterocycles. The van der Waals surface area contributed by atoms with Crippen LogP contribution in [0, 0.1) is 13.8 Å². The van der Waals surface area contributed by atoms with Crippen LogP contribution in [0.5, 0.6) is 0 Å². The van der Waals surface area contributed by atoms with Gasteiger partial charge in [-0.2, -0.15) is 13.2 Å². The van der Waals surface area contributed by atoms with E-state index in [1.165, 1.54) is 11.8 Å². The van der Waals surface area contributed by atoms with E-state index < -0.39 is 39.1 Å². The zero-order valence-corrected chi connectivity index (χ0v) is 19.1. The summed E-state index contributed by atoms with van der Waals surface area (Å²) in [6.45, 7) is 3.10. The van der Waals surface area contributed by atoms with Crippen molar-refractivity contribution in [3.05, 3.63) is 71.5 Å². The lowest BCUT2D eigenvalue weighted by molar-refractivity contribution is -0.137. The number of sulfonamides is 1. The number of alkyl halides is 3. The highest BCUT2D eigenvalue weighted by Crippen LogP contribution is 2.30. The van der Waals surface area contributed by atoms with E-state index in [-0.39, 0.29) is 0 Å². The molecule has 2 aromatic carbocycles. The van der Waals surface area contributed by atoms with Gasteiger partial charge in [-0.1, -0.05) is 6.07 Å². The molecule has 0 radical (unpaired) electrons. The molecule has 3 aromatic rings. The van der Waals surface area contributed by atoms with Crippen molar-refractivity contribution >= 4 is 33.4 Å². The summed E-state index contributed by atoms with van der Waals surface area (Å²) >= 11 is 1.35. The number of rotatable bonds is 7. The van der Waals surface area contributed by atoms with Crippen molar-refractivity contribution in [2.24, 2.45) is 0 Å². The molecule has 0 fully saturated rings. The number of hydrogen-bond donors (Lipinski definition) is 2. The third-order valence-electron chi connectivity index (χ3n) is 4.20. The minimum atomic E-state index is -4.68. The number of halogens is 3. The molecule has 0 saturated carbocycles. The molecule has 12 heteroatoms. The first-order valence-corrected chi connectivity index (χ1v) is 11.8. The van der Waals surface area contributed by atoms with Gasteiger partial charge in [0.05, 0.1) is 17.0 Å². The molecule has 0 unspecified atom stereocenters.